The molecule has 5 heteroatoms. The quantitative estimate of drug-likeness (QED) is 0.695. The number of thioether (sulfide) groups is 1. The first-order valence-corrected chi connectivity index (χ1v) is 7.29. The number of aliphatic hydroxyl groups excluding tert-OH is 1. The molecule has 1 unspecified atom stereocenters. The van der Waals surface area contributed by atoms with Crippen molar-refractivity contribution in [3.05, 3.63) is 24.3 Å². The largest absolute Gasteiger partial charge is 0.391 e. The van der Waals surface area contributed by atoms with Crippen LogP contribution in [0.5, 0.6) is 0 Å². The van der Waals surface area contributed by atoms with Gasteiger partial charge in [0.15, 0.2) is 5.16 Å². The van der Waals surface area contributed by atoms with Crippen molar-refractivity contribution in [3.63, 3.8) is 0 Å². The first kappa shape index (κ1) is 12.0. The predicted molar refractivity (Wildman–Crippen MR) is 73.8 cm³/mol. The topological polar surface area (TPSA) is 60.9 Å². The van der Waals surface area contributed by atoms with Crippen LogP contribution in [0.15, 0.2) is 29.4 Å². The molecule has 1 saturated carbocycles. The minimum absolute atomic E-state index is 0.316. The summed E-state index contributed by atoms with van der Waals surface area (Å²) in [5.41, 5.74) is 2.02. The van der Waals surface area contributed by atoms with Gasteiger partial charge in [0, 0.05) is 18.3 Å². The average molecular weight is 263 g/mol. The minimum Gasteiger partial charge on any atom is -0.391 e. The zero-order valence-electron chi connectivity index (χ0n) is 10.1. The highest BCUT2D eigenvalue weighted by atomic mass is 32.2. The van der Waals surface area contributed by atoms with E-state index in [4.69, 9.17) is 0 Å². The number of aromatic amines is 1. The first-order valence-electron chi connectivity index (χ1n) is 6.30. The second kappa shape index (κ2) is 5.30. The Hall–Kier alpha value is -1.04. The molecule has 1 aliphatic rings. The van der Waals surface area contributed by atoms with E-state index in [9.17, 15) is 5.11 Å². The third-order valence-electron chi connectivity index (χ3n) is 3.00. The van der Waals surface area contributed by atoms with Crippen LogP contribution in [-0.2, 0) is 0 Å². The van der Waals surface area contributed by atoms with Crippen molar-refractivity contribution in [1.29, 1.82) is 0 Å². The molecule has 3 rings (SSSR count). The molecule has 0 aliphatic heterocycles. The SMILES string of the molecule is OC(CNC1CC1)CSc1nc2ccccc2[nH]1. The van der Waals surface area contributed by atoms with Crippen molar-refractivity contribution >= 4 is 22.8 Å². The lowest BCUT2D eigenvalue weighted by atomic mass is 10.3. The van der Waals surface area contributed by atoms with E-state index in [2.05, 4.69) is 15.3 Å². The number of rotatable bonds is 6. The van der Waals surface area contributed by atoms with Gasteiger partial charge >= 0.3 is 0 Å². The molecule has 1 aromatic carbocycles. The summed E-state index contributed by atoms with van der Waals surface area (Å²) >= 11 is 1.57. The van der Waals surface area contributed by atoms with Crippen molar-refractivity contribution in [2.45, 2.75) is 30.1 Å². The summed E-state index contributed by atoms with van der Waals surface area (Å²) in [6, 6.07) is 8.62. The van der Waals surface area contributed by atoms with Gasteiger partial charge < -0.3 is 15.4 Å². The van der Waals surface area contributed by atoms with Gasteiger partial charge in [-0.15, -0.1) is 0 Å². The smallest absolute Gasteiger partial charge is 0.166 e. The zero-order chi connectivity index (χ0) is 12.4. The molecule has 2 aromatic rings. The monoisotopic (exact) mass is 263 g/mol. The van der Waals surface area contributed by atoms with Crippen molar-refractivity contribution in [3.8, 4) is 0 Å². The van der Waals surface area contributed by atoms with Crippen LogP contribution in [0.2, 0.25) is 0 Å². The average Bonchev–Trinajstić information content (AvgIpc) is 3.11. The van der Waals surface area contributed by atoms with Gasteiger partial charge in [-0.25, -0.2) is 4.98 Å². The van der Waals surface area contributed by atoms with Crippen molar-refractivity contribution in [2.75, 3.05) is 12.3 Å². The molecule has 0 saturated heterocycles. The van der Waals surface area contributed by atoms with Crippen LogP contribution in [-0.4, -0.2) is 39.5 Å². The lowest BCUT2D eigenvalue weighted by Crippen LogP contribution is -2.29. The van der Waals surface area contributed by atoms with Gasteiger partial charge in [0.2, 0.25) is 0 Å². The number of fused-ring (bicyclic) bond motifs is 1. The Balaban J connectivity index is 1.51. The molecule has 0 spiro atoms. The normalized spacial score (nSPS) is 17.2. The molecule has 3 N–H and O–H groups in total. The van der Waals surface area contributed by atoms with E-state index in [1.54, 1.807) is 11.8 Å². The van der Waals surface area contributed by atoms with Gasteiger partial charge in [-0.05, 0) is 25.0 Å². The highest BCUT2D eigenvalue weighted by Crippen LogP contribution is 2.21. The molecule has 18 heavy (non-hydrogen) atoms. The molecule has 0 radical (unpaired) electrons. The molecule has 1 heterocycles. The number of para-hydroxylation sites is 2. The van der Waals surface area contributed by atoms with Crippen LogP contribution in [0.3, 0.4) is 0 Å². The molecule has 4 nitrogen and oxygen atoms in total. The molecule has 1 aliphatic carbocycles. The molecular weight excluding hydrogens is 246 g/mol. The lowest BCUT2D eigenvalue weighted by molar-refractivity contribution is 0.195. The van der Waals surface area contributed by atoms with Crippen LogP contribution in [0.4, 0.5) is 0 Å². The molecule has 0 bridgehead atoms. The van der Waals surface area contributed by atoms with E-state index in [0.717, 1.165) is 16.2 Å². The Kier molecular flexibility index (Phi) is 3.54. The van der Waals surface area contributed by atoms with E-state index in [-0.39, 0.29) is 6.10 Å². The highest BCUT2D eigenvalue weighted by molar-refractivity contribution is 7.99. The second-order valence-corrected chi connectivity index (χ2v) is 5.72. The molecule has 1 atom stereocenters. The fourth-order valence-corrected chi connectivity index (χ4v) is 2.64. The summed E-state index contributed by atoms with van der Waals surface area (Å²) in [5, 5.41) is 14.0. The van der Waals surface area contributed by atoms with Crippen molar-refractivity contribution in [2.24, 2.45) is 0 Å². The standard InChI is InChI=1S/C13H17N3OS/c17-10(7-14-9-5-6-9)8-18-13-15-11-3-1-2-4-12(11)16-13/h1-4,9-10,14,17H,5-8H2,(H,15,16). The highest BCUT2D eigenvalue weighted by Gasteiger charge is 2.21. The van der Waals surface area contributed by atoms with Crippen molar-refractivity contribution in [1.82, 2.24) is 15.3 Å². The predicted octanol–water partition coefficient (Wildman–Crippen LogP) is 1.77. The maximum absolute atomic E-state index is 9.84. The van der Waals surface area contributed by atoms with Crippen LogP contribution >= 0.6 is 11.8 Å². The van der Waals surface area contributed by atoms with Gasteiger partial charge in [0.05, 0.1) is 17.1 Å². The van der Waals surface area contributed by atoms with E-state index >= 15 is 0 Å². The fourth-order valence-electron chi connectivity index (χ4n) is 1.82. The van der Waals surface area contributed by atoms with Crippen LogP contribution in [0.1, 0.15) is 12.8 Å². The van der Waals surface area contributed by atoms with Crippen LogP contribution < -0.4 is 5.32 Å². The molecule has 0 amide bonds. The number of aromatic nitrogens is 2. The Bertz CT molecular complexity index is 491. The van der Waals surface area contributed by atoms with E-state index < -0.39 is 0 Å². The molecular formula is C13H17N3OS. The summed E-state index contributed by atoms with van der Waals surface area (Å²) < 4.78 is 0. The molecule has 96 valence electrons. The van der Waals surface area contributed by atoms with Gasteiger partial charge in [-0.3, -0.25) is 0 Å². The zero-order valence-corrected chi connectivity index (χ0v) is 10.9. The fraction of sp³-hybridized carbons (Fsp3) is 0.462. The maximum atomic E-state index is 9.84. The van der Waals surface area contributed by atoms with E-state index in [1.807, 2.05) is 24.3 Å². The lowest BCUT2D eigenvalue weighted by Gasteiger charge is -2.09. The number of nitrogens with one attached hydrogen (secondary N) is 2. The van der Waals surface area contributed by atoms with E-state index in [1.165, 1.54) is 12.8 Å². The van der Waals surface area contributed by atoms with E-state index in [0.29, 0.717) is 18.3 Å². The number of hydrogen-bond acceptors (Lipinski definition) is 4. The third kappa shape index (κ3) is 3.04. The number of nitrogens with zero attached hydrogens (tertiary/aromatic N) is 1. The van der Waals surface area contributed by atoms with Gasteiger partial charge in [-0.2, -0.15) is 0 Å². The molecule has 1 fully saturated rings. The molecule has 1 aromatic heterocycles. The van der Waals surface area contributed by atoms with Gasteiger partial charge in [0.25, 0.3) is 0 Å². The summed E-state index contributed by atoms with van der Waals surface area (Å²) in [6.45, 7) is 0.678. The second-order valence-electron chi connectivity index (χ2n) is 4.71. The minimum atomic E-state index is -0.316. The maximum Gasteiger partial charge on any atom is 0.166 e. The van der Waals surface area contributed by atoms with Crippen LogP contribution in [0, 0.1) is 0 Å². The number of H-pyrrole nitrogens is 1. The third-order valence-corrected chi connectivity index (χ3v) is 4.02. The Morgan fingerprint density at radius 2 is 2.28 bits per heavy atom. The number of imidazole rings is 1. The summed E-state index contributed by atoms with van der Waals surface area (Å²) in [5.74, 6) is 0.666. The number of hydrogen-bond donors (Lipinski definition) is 3. The van der Waals surface area contributed by atoms with Crippen molar-refractivity contribution < 1.29 is 5.11 Å². The Morgan fingerprint density at radius 3 is 3.06 bits per heavy atom. The Labute approximate surface area is 110 Å². The van der Waals surface area contributed by atoms with Crippen LogP contribution in [0.25, 0.3) is 11.0 Å². The first-order chi connectivity index (χ1) is 8.81. The summed E-state index contributed by atoms with van der Waals surface area (Å²) in [6.07, 6.45) is 2.19. The summed E-state index contributed by atoms with van der Waals surface area (Å²) in [4.78, 5) is 7.72. The number of benzene rings is 1. The summed E-state index contributed by atoms with van der Waals surface area (Å²) in [7, 11) is 0. The van der Waals surface area contributed by atoms with Gasteiger partial charge in [-0.1, -0.05) is 23.9 Å². The van der Waals surface area contributed by atoms with Gasteiger partial charge in [0.1, 0.15) is 0 Å². The number of aliphatic hydroxyl groups is 1. The Morgan fingerprint density at radius 1 is 1.44 bits per heavy atom.